The Morgan fingerprint density at radius 2 is 0.454 bits per heavy atom. The standard InChI is InChI=1S/2C13H10O.5C13H10S.3C7H8/c1-9-5-4-8-12-13(9)10-6-2-3-7-11(10)14-12;1-9-6-7-13-11(8-9)10-4-2-3-5-12(10)14-13;2*1-9-5-4-7-11-10-6-2-3-8-12(10)14-13(9)11;1-9-5-4-8-12-13(9)10-6-2-3-7-11(10)14-12;1-9-6-7-13-11(8-9)10-4-2-3-5-12(10)14-13;1-9-6-7-11-10-4-2-3-5-12(10)14-13(11)8-9;3*1-7-5-3-2-4-6-7/h7*2-8H,1H3;3*2-6H,1H3. The molecule has 0 N–H and O–H groups in total. The number of para-hydroxylation sites is 2. The normalized spacial score (nSPS) is 10.8. The molecule has 0 fully saturated rings. The van der Waals surface area contributed by atoms with E-state index in [1.54, 1.807) is 0 Å². The van der Waals surface area contributed by atoms with Crippen LogP contribution in [0.3, 0.4) is 0 Å². The lowest BCUT2D eigenvalue weighted by Crippen LogP contribution is -1.72. The van der Waals surface area contributed by atoms with E-state index >= 15 is 0 Å². The van der Waals surface area contributed by atoms with Gasteiger partial charge in [-0.3, -0.25) is 0 Å². The smallest absolute Gasteiger partial charge is 0.135 e. The van der Waals surface area contributed by atoms with Crippen molar-refractivity contribution in [1.82, 2.24) is 0 Å². The monoisotopic (exact) mass is 1630 g/mol. The highest BCUT2D eigenvalue weighted by Crippen LogP contribution is 2.40. The van der Waals surface area contributed by atoms with Crippen LogP contribution in [0.2, 0.25) is 0 Å². The van der Waals surface area contributed by atoms with Gasteiger partial charge in [-0.1, -0.05) is 331 Å². The van der Waals surface area contributed by atoms with Crippen molar-refractivity contribution in [2.45, 2.75) is 69.2 Å². The Hall–Kier alpha value is -12.6. The zero-order valence-electron chi connectivity index (χ0n) is 68.8. The maximum absolute atomic E-state index is 5.73. The minimum absolute atomic E-state index is 0.966. The van der Waals surface area contributed by atoms with E-state index < -0.39 is 0 Å². The van der Waals surface area contributed by atoms with Crippen LogP contribution in [0.25, 0.3) is 145 Å². The molecule has 2 nitrogen and oxygen atoms in total. The first kappa shape index (κ1) is 81.6. The van der Waals surface area contributed by atoms with Crippen molar-refractivity contribution in [1.29, 1.82) is 0 Å². The molecule has 584 valence electrons. The summed E-state index contributed by atoms with van der Waals surface area (Å²) in [5.74, 6) is 0. The third-order valence-corrected chi connectivity index (χ3v) is 26.9. The molecule has 0 radical (unpaired) electrons. The Morgan fingerprint density at radius 3 is 0.975 bits per heavy atom. The van der Waals surface area contributed by atoms with Crippen molar-refractivity contribution in [3.63, 3.8) is 0 Å². The summed E-state index contributed by atoms with van der Waals surface area (Å²) >= 11 is 9.40. The Labute approximate surface area is 717 Å². The van der Waals surface area contributed by atoms with E-state index in [0.29, 0.717) is 0 Å². The summed E-state index contributed by atoms with van der Waals surface area (Å²) in [6.45, 7) is 21.3. The van der Waals surface area contributed by atoms with Gasteiger partial charge in [0, 0.05) is 122 Å². The molecular weight excluding hydrogens is 1540 g/mol. The summed E-state index contributed by atoms with van der Waals surface area (Å²) in [5.41, 5.74) is 17.2. The molecule has 24 rings (SSSR count). The Bertz CT molecular complexity index is 7020. The van der Waals surface area contributed by atoms with Gasteiger partial charge in [0.1, 0.15) is 22.3 Å². The van der Waals surface area contributed by atoms with E-state index in [9.17, 15) is 0 Å². The lowest BCUT2D eigenvalue weighted by molar-refractivity contribution is 0.668. The SMILES string of the molecule is Cc1ccc2c(c1)sc1ccccc12.Cc1ccc2oc3ccccc3c2c1.Cc1ccc2sc3ccccc3c2c1.Cc1cccc2c1sc1ccccc12.Cc1cccc2c1sc1ccccc12.Cc1cccc2oc3ccccc3c12.Cc1cccc2sc3ccccc3c12.Cc1ccccc1.Cc1ccccc1.Cc1ccccc1. The van der Waals surface area contributed by atoms with Crippen LogP contribution in [0.1, 0.15) is 55.6 Å². The average Bonchev–Trinajstić information content (AvgIpc) is 1.42. The lowest BCUT2D eigenvalue weighted by Gasteiger charge is -1.95. The van der Waals surface area contributed by atoms with E-state index in [1.807, 2.05) is 166 Å². The Morgan fingerprint density at radius 1 is 0.151 bits per heavy atom. The van der Waals surface area contributed by atoms with Gasteiger partial charge >= 0.3 is 0 Å². The van der Waals surface area contributed by atoms with Gasteiger partial charge in [-0.15, -0.1) is 56.7 Å². The summed E-state index contributed by atoms with van der Waals surface area (Å²) in [6.07, 6.45) is 0. The van der Waals surface area contributed by atoms with E-state index in [4.69, 9.17) is 8.83 Å². The van der Waals surface area contributed by atoms with Crippen LogP contribution in [0.4, 0.5) is 0 Å². The molecular formula is C112H94O2S5. The van der Waals surface area contributed by atoms with E-state index in [1.165, 1.54) is 178 Å². The van der Waals surface area contributed by atoms with Gasteiger partial charge in [-0.25, -0.2) is 0 Å². The molecule has 7 aromatic heterocycles. The number of rotatable bonds is 0. The van der Waals surface area contributed by atoms with Crippen molar-refractivity contribution >= 4 is 201 Å². The van der Waals surface area contributed by atoms with E-state index in [0.717, 1.165) is 22.3 Å². The third-order valence-electron chi connectivity index (χ3n) is 20.8. The largest absolute Gasteiger partial charge is 0.456 e. The first-order valence-electron chi connectivity index (χ1n) is 40.3. The molecule has 0 bridgehead atoms. The number of benzene rings is 17. The summed E-state index contributed by atoms with van der Waals surface area (Å²) in [6, 6.07) is 135. The first-order chi connectivity index (χ1) is 58.2. The number of furan rings is 2. The van der Waals surface area contributed by atoms with E-state index in [2.05, 4.69) is 348 Å². The predicted octanol–water partition coefficient (Wildman–Crippen LogP) is 35.6. The topological polar surface area (TPSA) is 26.3 Å². The van der Waals surface area contributed by atoms with Gasteiger partial charge in [0.25, 0.3) is 0 Å². The molecule has 0 aliphatic rings. The molecule has 0 amide bonds. The van der Waals surface area contributed by atoms with Gasteiger partial charge in [0.15, 0.2) is 0 Å². The second kappa shape index (κ2) is 38.7. The van der Waals surface area contributed by atoms with Crippen molar-refractivity contribution in [2.75, 3.05) is 0 Å². The molecule has 17 aromatic carbocycles. The van der Waals surface area contributed by atoms with Crippen LogP contribution in [-0.2, 0) is 0 Å². The number of thiophene rings is 5. The molecule has 0 atom stereocenters. The quantitative estimate of drug-likeness (QED) is 0.151. The van der Waals surface area contributed by atoms with Gasteiger partial charge < -0.3 is 8.83 Å². The summed E-state index contributed by atoms with van der Waals surface area (Å²) in [4.78, 5) is 0. The van der Waals surface area contributed by atoms with Crippen molar-refractivity contribution in [3.05, 3.63) is 444 Å². The van der Waals surface area contributed by atoms with E-state index in [-0.39, 0.29) is 0 Å². The van der Waals surface area contributed by atoms with Crippen LogP contribution in [0.5, 0.6) is 0 Å². The second-order valence-electron chi connectivity index (χ2n) is 29.9. The molecule has 0 unspecified atom stereocenters. The van der Waals surface area contributed by atoms with Crippen molar-refractivity contribution in [3.8, 4) is 0 Å². The molecule has 7 heteroatoms. The van der Waals surface area contributed by atoms with Crippen LogP contribution in [0, 0.1) is 69.2 Å². The highest BCUT2D eigenvalue weighted by atomic mass is 32.1. The zero-order valence-corrected chi connectivity index (χ0v) is 72.9. The van der Waals surface area contributed by atoms with Gasteiger partial charge in [0.2, 0.25) is 0 Å². The molecule has 0 saturated heterocycles. The summed E-state index contributed by atoms with van der Waals surface area (Å²) in [7, 11) is 0. The fourth-order valence-corrected chi connectivity index (χ4v) is 20.6. The number of fused-ring (bicyclic) bond motifs is 21. The molecule has 0 spiro atoms. The highest BCUT2D eigenvalue weighted by Gasteiger charge is 2.12. The van der Waals surface area contributed by atoms with Crippen LogP contribution in [0.15, 0.2) is 397 Å². The first-order valence-corrected chi connectivity index (χ1v) is 44.4. The minimum atomic E-state index is 0.966. The lowest BCUT2D eigenvalue weighted by atomic mass is 10.1. The van der Waals surface area contributed by atoms with Crippen LogP contribution in [-0.4, -0.2) is 0 Å². The van der Waals surface area contributed by atoms with Crippen LogP contribution >= 0.6 is 56.7 Å². The Balaban J connectivity index is 0.000000104. The number of aryl methyl sites for hydroxylation is 10. The summed E-state index contributed by atoms with van der Waals surface area (Å²) in [5, 5.41) is 18.8. The number of hydrogen-bond acceptors (Lipinski definition) is 7. The molecule has 24 aromatic rings. The molecule has 0 aliphatic heterocycles. The molecule has 0 saturated carbocycles. The zero-order chi connectivity index (χ0) is 82.1. The fraction of sp³-hybridized carbons (Fsp3) is 0.0893. The molecule has 0 aliphatic carbocycles. The van der Waals surface area contributed by atoms with Gasteiger partial charge in [-0.2, -0.15) is 0 Å². The average molecular weight is 1630 g/mol. The summed E-state index contributed by atoms with van der Waals surface area (Å²) < 4.78 is 25.4. The van der Waals surface area contributed by atoms with Gasteiger partial charge in [-0.05, 0) is 182 Å². The number of hydrogen-bond donors (Lipinski definition) is 0. The maximum atomic E-state index is 5.73. The fourth-order valence-electron chi connectivity index (χ4n) is 14.8. The predicted molar refractivity (Wildman–Crippen MR) is 531 cm³/mol. The maximum Gasteiger partial charge on any atom is 0.135 e. The molecule has 7 heterocycles. The Kier molecular flexibility index (Phi) is 26.5. The van der Waals surface area contributed by atoms with Crippen molar-refractivity contribution in [2.24, 2.45) is 0 Å². The highest BCUT2D eigenvalue weighted by molar-refractivity contribution is 7.27. The minimum Gasteiger partial charge on any atom is -0.456 e. The van der Waals surface area contributed by atoms with Gasteiger partial charge in [0.05, 0.1) is 0 Å². The second-order valence-corrected chi connectivity index (χ2v) is 35.3. The van der Waals surface area contributed by atoms with Crippen LogP contribution < -0.4 is 0 Å². The molecule has 119 heavy (non-hydrogen) atoms. The van der Waals surface area contributed by atoms with Crippen molar-refractivity contribution < 1.29 is 8.83 Å². The third kappa shape index (κ3) is 19.7.